The number of piperidine rings is 1. The number of likely N-dealkylation sites (tertiary alicyclic amines) is 1. The summed E-state index contributed by atoms with van der Waals surface area (Å²) in [5, 5.41) is 13.6. The minimum atomic E-state index is -0.00402. The quantitative estimate of drug-likeness (QED) is 0.823. The van der Waals surface area contributed by atoms with Gasteiger partial charge >= 0.3 is 0 Å². The number of carbonyl (C=O) groups excluding carboxylic acids is 1. The molecule has 142 valence electrons. The van der Waals surface area contributed by atoms with E-state index in [-0.39, 0.29) is 17.9 Å². The molecule has 0 aromatic carbocycles. The maximum atomic E-state index is 12.6. The van der Waals surface area contributed by atoms with Crippen molar-refractivity contribution in [2.24, 2.45) is 0 Å². The van der Waals surface area contributed by atoms with Crippen LogP contribution in [0.2, 0.25) is 5.02 Å². The number of carbonyl (C=O) groups is 1. The lowest BCUT2D eigenvalue weighted by Crippen LogP contribution is -2.41. The molecule has 2 aromatic rings. The summed E-state index contributed by atoms with van der Waals surface area (Å²) < 4.78 is 3.66. The van der Waals surface area contributed by atoms with Gasteiger partial charge in [0.05, 0.1) is 28.1 Å². The molecule has 0 radical (unpaired) electrons. The molecule has 1 saturated heterocycles. The lowest BCUT2D eigenvalue weighted by molar-refractivity contribution is -0.133. The van der Waals surface area contributed by atoms with Crippen LogP contribution >= 0.6 is 11.6 Å². The van der Waals surface area contributed by atoms with Crippen LogP contribution in [0.3, 0.4) is 0 Å². The van der Waals surface area contributed by atoms with Crippen LogP contribution in [0.4, 0.5) is 0 Å². The summed E-state index contributed by atoms with van der Waals surface area (Å²) in [7, 11) is 0. The van der Waals surface area contributed by atoms with Gasteiger partial charge in [-0.25, -0.2) is 4.68 Å². The second-order valence-electron chi connectivity index (χ2n) is 8.09. The average molecular weight is 379 g/mol. The van der Waals surface area contributed by atoms with E-state index in [1.54, 1.807) is 4.68 Å². The minimum absolute atomic E-state index is 0.00402. The Labute approximate surface area is 159 Å². The fourth-order valence-electron chi connectivity index (χ4n) is 3.24. The van der Waals surface area contributed by atoms with Gasteiger partial charge in [-0.15, -0.1) is 5.10 Å². The molecule has 0 aliphatic carbocycles. The van der Waals surface area contributed by atoms with E-state index in [2.05, 4.69) is 36.2 Å². The van der Waals surface area contributed by atoms with Crippen molar-refractivity contribution in [3.8, 4) is 0 Å². The fraction of sp³-hybridized carbons (Fsp3) is 0.667. The zero-order chi connectivity index (χ0) is 19.1. The predicted octanol–water partition coefficient (Wildman–Crippen LogP) is 2.91. The number of nitrogens with zero attached hydrogens (tertiary/aromatic N) is 6. The van der Waals surface area contributed by atoms with E-state index < -0.39 is 0 Å². The highest BCUT2D eigenvalue weighted by Crippen LogP contribution is 2.25. The summed E-state index contributed by atoms with van der Waals surface area (Å²) in [6, 6.07) is 0.297. The number of aromatic nitrogens is 5. The third kappa shape index (κ3) is 3.77. The Morgan fingerprint density at radius 3 is 2.42 bits per heavy atom. The van der Waals surface area contributed by atoms with Crippen LogP contribution in [0, 0.1) is 13.8 Å². The molecule has 0 spiro atoms. The smallest absolute Gasteiger partial charge is 0.244 e. The van der Waals surface area contributed by atoms with E-state index >= 15 is 0 Å². The highest BCUT2D eigenvalue weighted by molar-refractivity contribution is 6.31. The topological polar surface area (TPSA) is 68.8 Å². The van der Waals surface area contributed by atoms with E-state index in [1.165, 1.54) is 0 Å². The zero-order valence-corrected chi connectivity index (χ0v) is 16.9. The van der Waals surface area contributed by atoms with Crippen LogP contribution in [0.5, 0.6) is 0 Å². The summed E-state index contributed by atoms with van der Waals surface area (Å²) in [4.78, 5) is 14.5. The molecule has 0 atom stereocenters. The first-order valence-electron chi connectivity index (χ1n) is 9.06. The Hall–Kier alpha value is -1.89. The summed E-state index contributed by atoms with van der Waals surface area (Å²) in [5.74, 6) is 0.0830. The van der Waals surface area contributed by atoms with E-state index in [9.17, 15) is 4.79 Å². The third-order valence-electron chi connectivity index (χ3n) is 5.05. The zero-order valence-electron chi connectivity index (χ0n) is 16.2. The fourth-order valence-corrected chi connectivity index (χ4v) is 3.37. The molecular weight excluding hydrogens is 352 g/mol. The summed E-state index contributed by atoms with van der Waals surface area (Å²) >= 11 is 6.16. The molecule has 1 amide bonds. The van der Waals surface area contributed by atoms with Crippen molar-refractivity contribution >= 4 is 17.5 Å². The van der Waals surface area contributed by atoms with Gasteiger partial charge in [0.25, 0.3) is 0 Å². The number of amides is 1. The van der Waals surface area contributed by atoms with Gasteiger partial charge < -0.3 is 4.90 Å². The van der Waals surface area contributed by atoms with Gasteiger partial charge in [-0.3, -0.25) is 9.48 Å². The Kier molecular flexibility index (Phi) is 5.10. The molecule has 0 bridgehead atoms. The van der Waals surface area contributed by atoms with Crippen LogP contribution in [-0.2, 0) is 16.8 Å². The highest BCUT2D eigenvalue weighted by Gasteiger charge is 2.27. The second kappa shape index (κ2) is 7.02. The lowest BCUT2D eigenvalue weighted by atomic mass is 9.93. The largest absolute Gasteiger partial charge is 0.341 e. The van der Waals surface area contributed by atoms with Crippen LogP contribution < -0.4 is 0 Å². The summed E-state index contributed by atoms with van der Waals surface area (Å²) in [6.07, 6.45) is 3.81. The number of rotatable bonds is 3. The molecule has 7 nitrogen and oxygen atoms in total. The summed E-state index contributed by atoms with van der Waals surface area (Å²) in [6.45, 7) is 11.8. The first kappa shape index (κ1) is 18.9. The average Bonchev–Trinajstić information content (AvgIpc) is 3.17. The molecule has 26 heavy (non-hydrogen) atoms. The molecule has 0 unspecified atom stereocenters. The maximum Gasteiger partial charge on any atom is 0.244 e. The van der Waals surface area contributed by atoms with Gasteiger partial charge in [-0.2, -0.15) is 5.10 Å². The van der Waals surface area contributed by atoms with Crippen LogP contribution in [0.1, 0.15) is 56.7 Å². The van der Waals surface area contributed by atoms with Gasteiger partial charge in [-0.05, 0) is 26.7 Å². The molecule has 8 heteroatoms. The maximum absolute atomic E-state index is 12.6. The number of halogens is 1. The molecule has 3 rings (SSSR count). The standard InChI is InChI=1S/C18H27ClN6O/c1-12-17(19)13(2)24(21-12)11-16(26)23-8-6-14(7-9-23)25-10-15(20-22-25)18(3,4)5/h10,14H,6-9,11H2,1-5H3. The molecular formula is C18H27ClN6O. The normalized spacial score (nSPS) is 16.3. The van der Waals surface area contributed by atoms with Gasteiger partial charge in [0.1, 0.15) is 6.54 Å². The van der Waals surface area contributed by atoms with Crippen LogP contribution in [0.25, 0.3) is 0 Å². The monoisotopic (exact) mass is 378 g/mol. The van der Waals surface area contributed by atoms with Crippen molar-refractivity contribution in [1.82, 2.24) is 29.7 Å². The van der Waals surface area contributed by atoms with Crippen LogP contribution in [-0.4, -0.2) is 48.7 Å². The number of aryl methyl sites for hydroxylation is 1. The lowest BCUT2D eigenvalue weighted by Gasteiger charge is -2.32. The van der Waals surface area contributed by atoms with Crippen LogP contribution in [0.15, 0.2) is 6.20 Å². The van der Waals surface area contributed by atoms with Crippen molar-refractivity contribution in [3.63, 3.8) is 0 Å². The predicted molar refractivity (Wildman–Crippen MR) is 100 cm³/mol. The van der Waals surface area contributed by atoms with E-state index in [0.29, 0.717) is 11.1 Å². The first-order chi connectivity index (χ1) is 12.2. The van der Waals surface area contributed by atoms with Gasteiger partial charge in [0.2, 0.25) is 5.91 Å². The molecule has 1 fully saturated rings. The molecule has 2 aromatic heterocycles. The van der Waals surface area contributed by atoms with Gasteiger partial charge in [0.15, 0.2) is 0 Å². The first-order valence-corrected chi connectivity index (χ1v) is 9.44. The van der Waals surface area contributed by atoms with Crippen molar-refractivity contribution in [2.75, 3.05) is 13.1 Å². The highest BCUT2D eigenvalue weighted by atomic mass is 35.5. The molecule has 1 aliphatic rings. The van der Waals surface area contributed by atoms with E-state index in [1.807, 2.05) is 29.6 Å². The Morgan fingerprint density at radius 1 is 1.27 bits per heavy atom. The van der Waals surface area contributed by atoms with E-state index in [0.717, 1.165) is 43.0 Å². The molecule has 1 aliphatic heterocycles. The SMILES string of the molecule is Cc1nn(CC(=O)N2CCC(n3cc(C(C)(C)C)nn3)CC2)c(C)c1Cl. The number of hydrogen-bond acceptors (Lipinski definition) is 4. The second-order valence-corrected chi connectivity index (χ2v) is 8.47. The number of hydrogen-bond donors (Lipinski definition) is 0. The van der Waals surface area contributed by atoms with Gasteiger partial charge in [0, 0.05) is 24.7 Å². The Morgan fingerprint density at radius 2 is 1.92 bits per heavy atom. The Bertz CT molecular complexity index is 795. The van der Waals surface area contributed by atoms with Gasteiger partial charge in [-0.1, -0.05) is 37.6 Å². The van der Waals surface area contributed by atoms with Crippen molar-refractivity contribution in [1.29, 1.82) is 0 Å². The van der Waals surface area contributed by atoms with Crippen molar-refractivity contribution in [2.45, 2.75) is 65.5 Å². The molecule has 3 heterocycles. The van der Waals surface area contributed by atoms with Crippen molar-refractivity contribution in [3.05, 3.63) is 28.3 Å². The minimum Gasteiger partial charge on any atom is -0.341 e. The van der Waals surface area contributed by atoms with Crippen molar-refractivity contribution < 1.29 is 4.79 Å². The molecule has 0 saturated carbocycles. The third-order valence-corrected chi connectivity index (χ3v) is 5.60. The summed E-state index contributed by atoms with van der Waals surface area (Å²) in [5.41, 5.74) is 2.59. The molecule has 0 N–H and O–H groups in total. The Balaban J connectivity index is 1.58. The van der Waals surface area contributed by atoms with E-state index in [4.69, 9.17) is 11.6 Å².